The van der Waals surface area contributed by atoms with Crippen LogP contribution < -0.4 is 0 Å². The summed E-state index contributed by atoms with van der Waals surface area (Å²) in [6.45, 7) is 0. The molecule has 1 aromatic heterocycles. The van der Waals surface area contributed by atoms with E-state index in [1.165, 1.54) is 0 Å². The Morgan fingerprint density at radius 1 is 1.05 bits per heavy atom. The van der Waals surface area contributed by atoms with Crippen molar-refractivity contribution in [1.29, 1.82) is 0 Å². The van der Waals surface area contributed by atoms with Gasteiger partial charge in [-0.05, 0) is 24.3 Å². The molecule has 21 heavy (non-hydrogen) atoms. The van der Waals surface area contributed by atoms with Gasteiger partial charge in [0.25, 0.3) is 0 Å². The third-order valence-corrected chi connectivity index (χ3v) is 2.48. The van der Waals surface area contributed by atoms with Gasteiger partial charge in [-0.15, -0.1) is 0 Å². The van der Waals surface area contributed by atoms with Gasteiger partial charge in [-0.25, -0.2) is 14.6 Å². The van der Waals surface area contributed by atoms with Crippen LogP contribution in [0, 0.1) is 0 Å². The van der Waals surface area contributed by atoms with Gasteiger partial charge in [0.1, 0.15) is 0 Å². The molecule has 0 atom stereocenters. The van der Waals surface area contributed by atoms with E-state index in [-0.39, 0.29) is 5.56 Å². The van der Waals surface area contributed by atoms with E-state index in [0.29, 0.717) is 0 Å². The first kappa shape index (κ1) is 14.6. The molecule has 0 saturated heterocycles. The third kappa shape index (κ3) is 2.86. The summed E-state index contributed by atoms with van der Waals surface area (Å²) in [4.78, 5) is 25.1. The number of oxazole rings is 1. The maximum absolute atomic E-state index is 12.4. The Morgan fingerprint density at radius 2 is 1.62 bits per heavy atom. The molecule has 0 bridgehead atoms. The summed E-state index contributed by atoms with van der Waals surface area (Å²) in [7, 11) is 0. The quantitative estimate of drug-likeness (QED) is 0.904. The lowest BCUT2D eigenvalue weighted by Crippen LogP contribution is -2.05. The number of aromatic carboxylic acids is 2. The second-order valence-corrected chi connectivity index (χ2v) is 3.88. The molecular weight excluding hydrogens is 295 g/mol. The summed E-state index contributed by atoms with van der Waals surface area (Å²) in [5.74, 6) is -4.54. The van der Waals surface area contributed by atoms with Crippen LogP contribution in [0.5, 0.6) is 0 Å². The van der Waals surface area contributed by atoms with Gasteiger partial charge < -0.3 is 14.6 Å². The van der Waals surface area contributed by atoms with E-state index in [2.05, 4.69) is 4.98 Å². The van der Waals surface area contributed by atoms with Crippen molar-refractivity contribution < 1.29 is 37.4 Å². The first-order valence-corrected chi connectivity index (χ1v) is 5.35. The fraction of sp³-hybridized carbons (Fsp3) is 0.0833. The number of aromatic nitrogens is 1. The number of nitrogens with zero attached hydrogens (tertiary/aromatic N) is 1. The molecule has 1 aromatic carbocycles. The zero-order valence-corrected chi connectivity index (χ0v) is 10.0. The molecule has 0 amide bonds. The molecule has 0 radical (unpaired) electrons. The fourth-order valence-electron chi connectivity index (χ4n) is 1.54. The number of benzene rings is 1. The van der Waals surface area contributed by atoms with Crippen molar-refractivity contribution in [3.63, 3.8) is 0 Å². The van der Waals surface area contributed by atoms with Crippen LogP contribution in [0.4, 0.5) is 13.2 Å². The van der Waals surface area contributed by atoms with E-state index in [9.17, 15) is 22.8 Å². The van der Waals surface area contributed by atoms with E-state index in [4.69, 9.17) is 14.6 Å². The first-order chi connectivity index (χ1) is 9.70. The molecule has 110 valence electrons. The molecule has 0 aliphatic carbocycles. The molecule has 0 fully saturated rings. The largest absolute Gasteiger partial charge is 0.476 e. The maximum Gasteiger partial charge on any atom is 0.416 e. The Balaban J connectivity index is 2.45. The molecule has 9 heteroatoms. The van der Waals surface area contributed by atoms with Gasteiger partial charge in [0.2, 0.25) is 17.3 Å². The highest BCUT2D eigenvalue weighted by Gasteiger charge is 2.30. The van der Waals surface area contributed by atoms with Gasteiger partial charge in [0, 0.05) is 5.56 Å². The van der Waals surface area contributed by atoms with Crippen molar-refractivity contribution in [1.82, 2.24) is 4.98 Å². The molecule has 6 nitrogen and oxygen atoms in total. The molecule has 2 rings (SSSR count). The summed E-state index contributed by atoms with van der Waals surface area (Å²) >= 11 is 0. The highest BCUT2D eigenvalue weighted by Crippen LogP contribution is 2.31. The smallest absolute Gasteiger partial charge is 0.416 e. The van der Waals surface area contributed by atoms with Crippen molar-refractivity contribution in [3.8, 4) is 11.5 Å². The number of rotatable bonds is 3. The SMILES string of the molecule is O=C(O)c1nc(-c2ccc(C(F)(F)F)cc2)oc1C(=O)O. The van der Waals surface area contributed by atoms with Gasteiger partial charge in [-0.1, -0.05) is 0 Å². The van der Waals surface area contributed by atoms with Crippen LogP contribution in [-0.2, 0) is 6.18 Å². The Kier molecular flexibility index (Phi) is 3.42. The lowest BCUT2D eigenvalue weighted by Gasteiger charge is -2.05. The van der Waals surface area contributed by atoms with Crippen LogP contribution in [0.3, 0.4) is 0 Å². The molecule has 2 aromatic rings. The van der Waals surface area contributed by atoms with Crippen molar-refractivity contribution in [2.45, 2.75) is 6.18 Å². The Bertz CT molecular complexity index is 671. The van der Waals surface area contributed by atoms with Crippen LogP contribution in [0.25, 0.3) is 11.5 Å². The van der Waals surface area contributed by atoms with Crippen LogP contribution in [0.15, 0.2) is 28.7 Å². The van der Waals surface area contributed by atoms with Crippen LogP contribution in [0.2, 0.25) is 0 Å². The lowest BCUT2D eigenvalue weighted by molar-refractivity contribution is -0.137. The van der Waals surface area contributed by atoms with Crippen LogP contribution in [-0.4, -0.2) is 27.1 Å². The zero-order valence-electron chi connectivity index (χ0n) is 10.0. The minimum Gasteiger partial charge on any atom is -0.476 e. The van der Waals surface area contributed by atoms with E-state index < -0.39 is 41.0 Å². The summed E-state index contributed by atoms with van der Waals surface area (Å²) in [6.07, 6.45) is -4.52. The second-order valence-electron chi connectivity index (χ2n) is 3.88. The van der Waals surface area contributed by atoms with Gasteiger partial charge in [0.05, 0.1) is 5.56 Å². The first-order valence-electron chi connectivity index (χ1n) is 5.35. The topological polar surface area (TPSA) is 101 Å². The molecule has 0 aliphatic rings. The average Bonchev–Trinajstić information content (AvgIpc) is 2.83. The lowest BCUT2D eigenvalue weighted by atomic mass is 10.1. The standard InChI is InChI=1S/C12H6F3NO5/c13-12(14,15)6-3-1-5(2-4-6)9-16-7(10(17)18)8(21-9)11(19)20/h1-4H,(H,17,18)(H,19,20). The van der Waals surface area contributed by atoms with Gasteiger partial charge in [-0.2, -0.15) is 13.2 Å². The Morgan fingerprint density at radius 3 is 2.00 bits per heavy atom. The molecule has 2 N–H and O–H groups in total. The van der Waals surface area contributed by atoms with Crippen molar-refractivity contribution in [3.05, 3.63) is 41.3 Å². The van der Waals surface area contributed by atoms with E-state index in [1.54, 1.807) is 0 Å². The zero-order chi connectivity index (χ0) is 15.8. The average molecular weight is 301 g/mol. The monoisotopic (exact) mass is 301 g/mol. The third-order valence-electron chi connectivity index (χ3n) is 2.48. The highest BCUT2D eigenvalue weighted by atomic mass is 19.4. The molecule has 0 unspecified atom stereocenters. The number of alkyl halides is 3. The normalized spacial score (nSPS) is 11.4. The molecule has 1 heterocycles. The number of hydrogen-bond donors (Lipinski definition) is 2. The Labute approximate surface area is 114 Å². The van der Waals surface area contributed by atoms with Crippen molar-refractivity contribution in [2.75, 3.05) is 0 Å². The predicted molar refractivity (Wildman–Crippen MR) is 60.9 cm³/mol. The fourth-order valence-corrected chi connectivity index (χ4v) is 1.54. The molecular formula is C12H6F3NO5. The molecule has 0 saturated carbocycles. The minimum absolute atomic E-state index is 0.0259. The number of hydrogen-bond acceptors (Lipinski definition) is 4. The summed E-state index contributed by atoms with van der Waals surface area (Å²) in [5.41, 5.74) is -1.70. The number of halogens is 3. The predicted octanol–water partition coefficient (Wildman–Crippen LogP) is 2.76. The molecule has 0 spiro atoms. The molecule has 0 aliphatic heterocycles. The van der Waals surface area contributed by atoms with Crippen molar-refractivity contribution in [2.24, 2.45) is 0 Å². The van der Waals surface area contributed by atoms with Gasteiger partial charge in [-0.3, -0.25) is 0 Å². The van der Waals surface area contributed by atoms with E-state index in [1.807, 2.05) is 0 Å². The summed E-state index contributed by atoms with van der Waals surface area (Å²) < 4.78 is 42.0. The highest BCUT2D eigenvalue weighted by molar-refractivity contribution is 5.98. The summed E-state index contributed by atoms with van der Waals surface area (Å²) in [5, 5.41) is 17.6. The number of carbonyl (C=O) groups is 2. The van der Waals surface area contributed by atoms with Gasteiger partial charge in [0.15, 0.2) is 0 Å². The van der Waals surface area contributed by atoms with Crippen LogP contribution in [0.1, 0.15) is 26.6 Å². The second kappa shape index (κ2) is 4.93. The Hall–Kier alpha value is -2.84. The van der Waals surface area contributed by atoms with Crippen molar-refractivity contribution >= 4 is 11.9 Å². The number of carboxylic acid groups (broad SMARTS) is 2. The number of carboxylic acids is 2. The minimum atomic E-state index is -4.52. The summed E-state index contributed by atoms with van der Waals surface area (Å²) in [6, 6.07) is 3.51. The van der Waals surface area contributed by atoms with Crippen LogP contribution >= 0.6 is 0 Å². The maximum atomic E-state index is 12.4. The van der Waals surface area contributed by atoms with E-state index >= 15 is 0 Å². The van der Waals surface area contributed by atoms with Gasteiger partial charge >= 0.3 is 18.1 Å². The van der Waals surface area contributed by atoms with E-state index in [0.717, 1.165) is 24.3 Å².